The molecule has 4 heterocycles. The Morgan fingerprint density at radius 2 is 1.96 bits per heavy atom. The second-order valence-corrected chi connectivity index (χ2v) is 7.61. The van der Waals surface area contributed by atoms with Crippen molar-refractivity contribution in [1.82, 2.24) is 24.8 Å². The van der Waals surface area contributed by atoms with E-state index in [1.54, 1.807) is 6.20 Å². The van der Waals surface area contributed by atoms with E-state index in [1.807, 2.05) is 19.2 Å². The van der Waals surface area contributed by atoms with E-state index in [2.05, 4.69) is 51.6 Å². The Morgan fingerprint density at radius 1 is 1.14 bits per heavy atom. The summed E-state index contributed by atoms with van der Waals surface area (Å²) in [6.45, 7) is 6.92. The number of anilines is 2. The molecule has 0 atom stereocenters. The molecule has 0 radical (unpaired) electrons. The fourth-order valence-electron chi connectivity index (χ4n) is 3.69. The van der Waals surface area contributed by atoms with Gasteiger partial charge in [0.25, 0.3) is 0 Å². The highest BCUT2D eigenvalue weighted by Crippen LogP contribution is 2.26. The molecule has 2 N–H and O–H groups in total. The third kappa shape index (κ3) is 4.20. The van der Waals surface area contributed by atoms with Crippen LogP contribution in [-0.2, 0) is 6.54 Å². The minimum Gasteiger partial charge on any atom is -0.365 e. The molecule has 1 aliphatic heterocycles. The second-order valence-electron chi connectivity index (χ2n) is 7.61. The van der Waals surface area contributed by atoms with Crippen molar-refractivity contribution >= 4 is 22.8 Å². The molecule has 0 aliphatic carbocycles. The Hall–Kier alpha value is -2.80. The summed E-state index contributed by atoms with van der Waals surface area (Å²) in [5.41, 5.74) is 3.93. The summed E-state index contributed by atoms with van der Waals surface area (Å²) in [4.78, 5) is 20.7. The number of piperidine rings is 1. The number of aromatic nitrogens is 4. The van der Waals surface area contributed by atoms with Crippen molar-refractivity contribution in [2.24, 2.45) is 0 Å². The quantitative estimate of drug-likeness (QED) is 0.707. The molecule has 7 nitrogen and oxygen atoms in total. The Bertz CT molecular complexity index is 950. The van der Waals surface area contributed by atoms with Gasteiger partial charge in [-0.05, 0) is 70.1 Å². The summed E-state index contributed by atoms with van der Waals surface area (Å²) in [7, 11) is 2.17. The zero-order chi connectivity index (χ0) is 19.5. The van der Waals surface area contributed by atoms with E-state index in [0.717, 1.165) is 59.6 Å². The van der Waals surface area contributed by atoms with Gasteiger partial charge < -0.3 is 15.5 Å². The number of fused-ring (bicyclic) bond motifs is 1. The van der Waals surface area contributed by atoms with Crippen LogP contribution in [0.5, 0.6) is 0 Å². The zero-order valence-corrected chi connectivity index (χ0v) is 16.7. The van der Waals surface area contributed by atoms with Gasteiger partial charge in [0.2, 0.25) is 5.95 Å². The monoisotopic (exact) mass is 377 g/mol. The van der Waals surface area contributed by atoms with Gasteiger partial charge in [0.15, 0.2) is 5.65 Å². The molecule has 146 valence electrons. The van der Waals surface area contributed by atoms with Gasteiger partial charge in [0, 0.05) is 30.7 Å². The minimum atomic E-state index is 0.394. The first kappa shape index (κ1) is 18.6. The van der Waals surface area contributed by atoms with Crippen LogP contribution in [0.4, 0.5) is 11.8 Å². The van der Waals surface area contributed by atoms with E-state index in [-0.39, 0.29) is 0 Å². The predicted molar refractivity (Wildman–Crippen MR) is 113 cm³/mol. The Labute approximate surface area is 165 Å². The second kappa shape index (κ2) is 8.06. The molecule has 7 heteroatoms. The number of pyridine rings is 2. The highest BCUT2D eigenvalue weighted by Gasteiger charge is 2.19. The van der Waals surface area contributed by atoms with Crippen LogP contribution >= 0.6 is 0 Å². The van der Waals surface area contributed by atoms with Crippen LogP contribution in [0.1, 0.15) is 29.7 Å². The maximum absolute atomic E-state index is 4.81. The standard InChI is InChI=1S/C21H27N7/c1-14-11-15(2)24-20-18(14)19(23-13-16-5-4-8-22-12-16)26-21(27-20)25-17-6-9-28(3)10-7-17/h4-5,8,11-12,17H,6-7,9-10,13H2,1-3H3,(H2,23,24,25,26,27). The van der Waals surface area contributed by atoms with Crippen LogP contribution < -0.4 is 10.6 Å². The first-order valence-corrected chi connectivity index (χ1v) is 9.82. The van der Waals surface area contributed by atoms with E-state index >= 15 is 0 Å². The van der Waals surface area contributed by atoms with Crippen molar-refractivity contribution in [2.45, 2.75) is 39.3 Å². The lowest BCUT2D eigenvalue weighted by Gasteiger charge is -2.29. The number of aryl methyl sites for hydroxylation is 2. The van der Waals surface area contributed by atoms with Crippen LogP contribution in [0.2, 0.25) is 0 Å². The van der Waals surface area contributed by atoms with Gasteiger partial charge in [-0.15, -0.1) is 0 Å². The first-order valence-electron chi connectivity index (χ1n) is 9.82. The molecule has 0 aromatic carbocycles. The van der Waals surface area contributed by atoms with Crippen molar-refractivity contribution < 1.29 is 0 Å². The van der Waals surface area contributed by atoms with Crippen LogP contribution in [0, 0.1) is 13.8 Å². The van der Waals surface area contributed by atoms with Gasteiger partial charge in [-0.25, -0.2) is 4.98 Å². The number of hydrogen-bond donors (Lipinski definition) is 2. The summed E-state index contributed by atoms with van der Waals surface area (Å²) < 4.78 is 0. The molecular formula is C21H27N7. The largest absolute Gasteiger partial charge is 0.365 e. The lowest BCUT2D eigenvalue weighted by Crippen LogP contribution is -2.37. The molecule has 0 amide bonds. The Balaban J connectivity index is 1.64. The molecule has 28 heavy (non-hydrogen) atoms. The summed E-state index contributed by atoms with van der Waals surface area (Å²) >= 11 is 0. The van der Waals surface area contributed by atoms with E-state index in [0.29, 0.717) is 18.5 Å². The fourth-order valence-corrected chi connectivity index (χ4v) is 3.69. The highest BCUT2D eigenvalue weighted by molar-refractivity contribution is 5.90. The van der Waals surface area contributed by atoms with Crippen molar-refractivity contribution in [3.05, 3.63) is 47.4 Å². The molecular weight excluding hydrogens is 350 g/mol. The summed E-state index contributed by atoms with van der Waals surface area (Å²) in [6.07, 6.45) is 5.83. The van der Waals surface area contributed by atoms with E-state index in [4.69, 9.17) is 9.97 Å². The molecule has 0 spiro atoms. The average molecular weight is 377 g/mol. The van der Waals surface area contributed by atoms with Gasteiger partial charge in [0.05, 0.1) is 5.39 Å². The third-order valence-electron chi connectivity index (χ3n) is 5.23. The predicted octanol–water partition coefficient (Wildman–Crippen LogP) is 3.15. The third-order valence-corrected chi connectivity index (χ3v) is 5.23. The van der Waals surface area contributed by atoms with Crippen LogP contribution in [0.3, 0.4) is 0 Å². The minimum absolute atomic E-state index is 0.394. The smallest absolute Gasteiger partial charge is 0.226 e. The Kier molecular flexibility index (Phi) is 5.34. The molecule has 0 unspecified atom stereocenters. The molecule has 3 aromatic heterocycles. The van der Waals surface area contributed by atoms with Crippen LogP contribution in [0.15, 0.2) is 30.6 Å². The molecule has 1 fully saturated rings. The molecule has 0 bridgehead atoms. The van der Waals surface area contributed by atoms with E-state index in [1.165, 1.54) is 0 Å². The number of likely N-dealkylation sites (tertiary alicyclic amines) is 1. The lowest BCUT2D eigenvalue weighted by atomic mass is 10.1. The van der Waals surface area contributed by atoms with Crippen molar-refractivity contribution in [3.63, 3.8) is 0 Å². The highest BCUT2D eigenvalue weighted by atomic mass is 15.2. The van der Waals surface area contributed by atoms with Gasteiger partial charge in [-0.1, -0.05) is 6.07 Å². The van der Waals surface area contributed by atoms with Crippen molar-refractivity contribution in [2.75, 3.05) is 30.8 Å². The molecule has 1 saturated heterocycles. The molecule has 1 aliphatic rings. The number of nitrogens with one attached hydrogen (secondary N) is 2. The summed E-state index contributed by atoms with van der Waals surface area (Å²) in [6, 6.07) is 6.46. The normalized spacial score (nSPS) is 15.7. The maximum atomic E-state index is 4.81. The van der Waals surface area contributed by atoms with Crippen molar-refractivity contribution in [1.29, 1.82) is 0 Å². The van der Waals surface area contributed by atoms with Gasteiger partial charge >= 0.3 is 0 Å². The number of hydrogen-bond acceptors (Lipinski definition) is 7. The maximum Gasteiger partial charge on any atom is 0.226 e. The fraction of sp³-hybridized carbons (Fsp3) is 0.429. The first-order chi connectivity index (χ1) is 13.6. The number of nitrogens with zero attached hydrogens (tertiary/aromatic N) is 5. The van der Waals surface area contributed by atoms with Crippen molar-refractivity contribution in [3.8, 4) is 0 Å². The SMILES string of the molecule is Cc1cc(C)c2c(NCc3cccnc3)nc(NC3CCN(C)CC3)nc2n1. The lowest BCUT2D eigenvalue weighted by molar-refractivity contribution is 0.263. The van der Waals surface area contributed by atoms with Crippen LogP contribution in [0.25, 0.3) is 11.0 Å². The molecule has 0 saturated carbocycles. The topological polar surface area (TPSA) is 78.9 Å². The van der Waals surface area contributed by atoms with E-state index in [9.17, 15) is 0 Å². The number of rotatable bonds is 5. The molecule has 4 rings (SSSR count). The van der Waals surface area contributed by atoms with Crippen LogP contribution in [-0.4, -0.2) is 51.0 Å². The summed E-state index contributed by atoms with van der Waals surface area (Å²) in [5, 5.41) is 7.97. The molecule has 3 aromatic rings. The van der Waals surface area contributed by atoms with Gasteiger partial charge in [-0.3, -0.25) is 4.98 Å². The zero-order valence-electron chi connectivity index (χ0n) is 16.7. The average Bonchev–Trinajstić information content (AvgIpc) is 2.68. The van der Waals surface area contributed by atoms with E-state index < -0.39 is 0 Å². The Morgan fingerprint density at radius 3 is 2.71 bits per heavy atom. The summed E-state index contributed by atoms with van der Waals surface area (Å²) in [5.74, 6) is 1.46. The van der Waals surface area contributed by atoms with Gasteiger partial charge in [0.1, 0.15) is 5.82 Å². The van der Waals surface area contributed by atoms with Gasteiger partial charge in [-0.2, -0.15) is 9.97 Å².